The maximum atomic E-state index is 12.5. The van der Waals surface area contributed by atoms with E-state index in [0.717, 1.165) is 24.4 Å². The molecule has 23 heavy (non-hydrogen) atoms. The molecule has 1 aromatic heterocycles. The number of nitrogens with one attached hydrogen (secondary N) is 1. The van der Waals surface area contributed by atoms with Crippen LogP contribution in [0.1, 0.15) is 23.7 Å². The Bertz CT molecular complexity index is 576. The van der Waals surface area contributed by atoms with Crippen LogP contribution in [-0.4, -0.2) is 18.6 Å². The van der Waals surface area contributed by atoms with Crippen molar-refractivity contribution in [2.24, 2.45) is 0 Å². The maximum absolute atomic E-state index is 12.5. The van der Waals surface area contributed by atoms with Crippen LogP contribution in [0.2, 0.25) is 0 Å². The number of alkyl halides is 3. The molecule has 0 aliphatic heterocycles. The van der Waals surface area contributed by atoms with Crippen molar-refractivity contribution in [3.05, 3.63) is 59.8 Å². The number of hydrogen-bond donors (Lipinski definition) is 1. The van der Waals surface area contributed by atoms with Crippen molar-refractivity contribution in [3.8, 4) is 5.88 Å². The summed E-state index contributed by atoms with van der Waals surface area (Å²) in [4.78, 5) is 3.76. The third-order valence-electron chi connectivity index (χ3n) is 3.15. The number of benzene rings is 1. The second-order valence-corrected chi connectivity index (χ2v) is 4.79. The summed E-state index contributed by atoms with van der Waals surface area (Å²) in [6.07, 6.45) is -3.19. The lowest BCUT2D eigenvalue weighted by Crippen LogP contribution is -3.00. The first-order valence-corrected chi connectivity index (χ1v) is 6.90. The lowest BCUT2D eigenvalue weighted by Gasteiger charge is -2.19. The SMILES string of the molecule is CNCCC(Oc1ccc(C(F)(F)F)cn1)c1ccccc1.[Cl-]. The quantitative estimate of drug-likeness (QED) is 0.842. The van der Waals surface area contributed by atoms with E-state index >= 15 is 0 Å². The van der Waals surface area contributed by atoms with E-state index < -0.39 is 11.7 Å². The van der Waals surface area contributed by atoms with Gasteiger partial charge in [-0.15, -0.1) is 0 Å². The molecular formula is C16H17ClF3N2O-. The monoisotopic (exact) mass is 345 g/mol. The Kier molecular flexibility index (Phi) is 7.32. The lowest BCUT2D eigenvalue weighted by molar-refractivity contribution is -0.137. The molecule has 0 amide bonds. The zero-order valence-corrected chi connectivity index (χ0v) is 13.2. The van der Waals surface area contributed by atoms with Gasteiger partial charge in [0.15, 0.2) is 0 Å². The fourth-order valence-electron chi connectivity index (χ4n) is 2.00. The minimum Gasteiger partial charge on any atom is -1.00 e. The molecule has 7 heteroatoms. The van der Waals surface area contributed by atoms with E-state index in [9.17, 15) is 13.2 Å². The zero-order valence-electron chi connectivity index (χ0n) is 12.5. The summed E-state index contributed by atoms with van der Waals surface area (Å²) < 4.78 is 43.3. The van der Waals surface area contributed by atoms with Gasteiger partial charge in [-0.1, -0.05) is 30.3 Å². The average Bonchev–Trinajstić information content (AvgIpc) is 2.52. The van der Waals surface area contributed by atoms with Gasteiger partial charge >= 0.3 is 6.18 Å². The summed E-state index contributed by atoms with van der Waals surface area (Å²) in [7, 11) is 1.83. The van der Waals surface area contributed by atoms with Gasteiger partial charge in [0, 0.05) is 18.7 Å². The minimum absolute atomic E-state index is 0. The van der Waals surface area contributed by atoms with Crippen LogP contribution in [0, 0.1) is 0 Å². The molecule has 0 saturated carbocycles. The van der Waals surface area contributed by atoms with Gasteiger partial charge in [-0.05, 0) is 25.2 Å². The number of pyridine rings is 1. The zero-order chi connectivity index (χ0) is 16.0. The van der Waals surface area contributed by atoms with Crippen LogP contribution in [0.4, 0.5) is 13.2 Å². The van der Waals surface area contributed by atoms with E-state index in [1.54, 1.807) is 0 Å². The van der Waals surface area contributed by atoms with Crippen LogP contribution in [0.25, 0.3) is 0 Å². The molecule has 1 N–H and O–H groups in total. The second kappa shape index (κ2) is 8.74. The van der Waals surface area contributed by atoms with Crippen LogP contribution in [0.3, 0.4) is 0 Å². The van der Waals surface area contributed by atoms with Crippen LogP contribution >= 0.6 is 0 Å². The summed E-state index contributed by atoms with van der Waals surface area (Å²) in [6.45, 7) is 0.722. The smallest absolute Gasteiger partial charge is 0.417 e. The Morgan fingerprint density at radius 1 is 1.13 bits per heavy atom. The molecule has 0 aliphatic rings. The normalized spacial score (nSPS) is 12.3. The highest BCUT2D eigenvalue weighted by atomic mass is 35.5. The first kappa shape index (κ1) is 19.3. The third-order valence-corrected chi connectivity index (χ3v) is 3.15. The number of hydrogen-bond acceptors (Lipinski definition) is 3. The topological polar surface area (TPSA) is 34.1 Å². The van der Waals surface area contributed by atoms with E-state index in [0.29, 0.717) is 6.42 Å². The third kappa shape index (κ3) is 5.73. The van der Waals surface area contributed by atoms with Crippen LogP contribution in [-0.2, 0) is 6.18 Å². The predicted octanol–water partition coefficient (Wildman–Crippen LogP) is 0.834. The molecule has 0 radical (unpaired) electrons. The van der Waals surface area contributed by atoms with E-state index in [-0.39, 0.29) is 24.4 Å². The highest BCUT2D eigenvalue weighted by Gasteiger charge is 2.30. The second-order valence-electron chi connectivity index (χ2n) is 4.79. The Labute approximate surface area is 139 Å². The molecule has 126 valence electrons. The van der Waals surface area contributed by atoms with Gasteiger partial charge in [-0.25, -0.2) is 4.98 Å². The van der Waals surface area contributed by atoms with Crippen molar-refractivity contribution in [2.75, 3.05) is 13.6 Å². The summed E-state index contributed by atoms with van der Waals surface area (Å²) >= 11 is 0. The van der Waals surface area contributed by atoms with Crippen LogP contribution in [0.15, 0.2) is 48.7 Å². The molecule has 1 unspecified atom stereocenters. The first-order chi connectivity index (χ1) is 10.5. The number of halogens is 4. The van der Waals surface area contributed by atoms with E-state index in [1.165, 1.54) is 6.07 Å². The Morgan fingerprint density at radius 3 is 2.35 bits per heavy atom. The highest BCUT2D eigenvalue weighted by molar-refractivity contribution is 5.23. The molecule has 1 heterocycles. The van der Waals surface area contributed by atoms with Gasteiger partial charge in [0.2, 0.25) is 5.88 Å². The van der Waals surface area contributed by atoms with Crippen molar-refractivity contribution in [1.29, 1.82) is 0 Å². The van der Waals surface area contributed by atoms with Gasteiger partial charge < -0.3 is 22.5 Å². The largest absolute Gasteiger partial charge is 1.00 e. The predicted molar refractivity (Wildman–Crippen MR) is 77.6 cm³/mol. The Hall–Kier alpha value is -1.79. The number of aromatic nitrogens is 1. The Balaban J connectivity index is 0.00000264. The van der Waals surface area contributed by atoms with Gasteiger partial charge in [-0.2, -0.15) is 13.2 Å². The van der Waals surface area contributed by atoms with Crippen molar-refractivity contribution >= 4 is 0 Å². The highest BCUT2D eigenvalue weighted by Crippen LogP contribution is 2.30. The summed E-state index contributed by atoms with van der Waals surface area (Å²) in [5.74, 6) is 0.179. The summed E-state index contributed by atoms with van der Waals surface area (Å²) in [5.41, 5.74) is 0.172. The van der Waals surface area contributed by atoms with Gasteiger partial charge in [0.25, 0.3) is 0 Å². The fraction of sp³-hybridized carbons (Fsp3) is 0.312. The molecule has 1 atom stereocenters. The van der Waals surface area contributed by atoms with E-state index in [1.807, 2.05) is 37.4 Å². The molecule has 2 rings (SSSR count). The molecule has 0 spiro atoms. The summed E-state index contributed by atoms with van der Waals surface area (Å²) in [6, 6.07) is 11.8. The van der Waals surface area contributed by atoms with Crippen LogP contribution in [0.5, 0.6) is 5.88 Å². The standard InChI is InChI=1S/C16H17F3N2O.ClH/c1-20-10-9-14(12-5-3-2-4-6-12)22-15-8-7-13(11-21-15)16(17,18)19;/h2-8,11,14,20H,9-10H2,1H3;1H/p-1. The molecule has 3 nitrogen and oxygen atoms in total. The van der Waals surface area contributed by atoms with Crippen molar-refractivity contribution in [2.45, 2.75) is 18.7 Å². The molecule has 1 aromatic carbocycles. The Morgan fingerprint density at radius 2 is 1.83 bits per heavy atom. The van der Waals surface area contributed by atoms with Crippen molar-refractivity contribution in [1.82, 2.24) is 10.3 Å². The molecule has 0 aliphatic carbocycles. The van der Waals surface area contributed by atoms with Gasteiger partial charge in [-0.3, -0.25) is 0 Å². The summed E-state index contributed by atoms with van der Waals surface area (Å²) in [5, 5.41) is 3.03. The number of ether oxygens (including phenoxy) is 1. The number of rotatable bonds is 6. The molecular weight excluding hydrogens is 329 g/mol. The lowest BCUT2D eigenvalue weighted by atomic mass is 10.1. The fourth-order valence-corrected chi connectivity index (χ4v) is 2.00. The molecule has 0 fully saturated rings. The first-order valence-electron chi connectivity index (χ1n) is 6.90. The minimum atomic E-state index is -4.39. The van der Waals surface area contributed by atoms with Crippen molar-refractivity contribution < 1.29 is 30.3 Å². The maximum Gasteiger partial charge on any atom is 0.417 e. The van der Waals surface area contributed by atoms with E-state index in [4.69, 9.17) is 4.74 Å². The van der Waals surface area contributed by atoms with Gasteiger partial charge in [0.05, 0.1) is 5.56 Å². The number of nitrogens with zero attached hydrogens (tertiary/aromatic N) is 1. The van der Waals surface area contributed by atoms with Crippen LogP contribution < -0.4 is 22.5 Å². The van der Waals surface area contributed by atoms with Gasteiger partial charge in [0.1, 0.15) is 6.10 Å². The molecule has 2 aromatic rings. The van der Waals surface area contributed by atoms with E-state index in [2.05, 4.69) is 10.3 Å². The average molecular weight is 346 g/mol. The van der Waals surface area contributed by atoms with Crippen molar-refractivity contribution in [3.63, 3.8) is 0 Å². The molecule has 0 bridgehead atoms. The molecule has 0 saturated heterocycles.